The average Bonchev–Trinajstić information content (AvgIpc) is 2.85. The Bertz CT molecular complexity index is 419. The van der Waals surface area contributed by atoms with E-state index in [4.69, 9.17) is 10.5 Å². The minimum Gasteiger partial charge on any atom is -0.494 e. The van der Waals surface area contributed by atoms with E-state index in [9.17, 15) is 0 Å². The Morgan fingerprint density at radius 2 is 1.95 bits per heavy atom. The molecule has 0 spiro atoms. The van der Waals surface area contributed by atoms with Gasteiger partial charge in [0.05, 0.1) is 6.61 Å². The predicted molar refractivity (Wildman–Crippen MR) is 87.5 cm³/mol. The molecule has 1 heterocycles. The van der Waals surface area contributed by atoms with Crippen LogP contribution in [0.2, 0.25) is 0 Å². The summed E-state index contributed by atoms with van der Waals surface area (Å²) in [5, 5.41) is 0. The van der Waals surface area contributed by atoms with Gasteiger partial charge >= 0.3 is 0 Å². The van der Waals surface area contributed by atoms with Crippen LogP contribution in [-0.2, 0) is 6.54 Å². The predicted octanol–water partition coefficient (Wildman–Crippen LogP) is 1.80. The molecule has 0 radical (unpaired) electrons. The number of nitrogens with two attached hydrogens (primary N) is 1. The minimum atomic E-state index is 0.584. The number of ether oxygens (including phenoxy) is 1. The lowest BCUT2D eigenvalue weighted by Crippen LogP contribution is -2.34. The van der Waals surface area contributed by atoms with Crippen molar-refractivity contribution in [2.45, 2.75) is 25.9 Å². The summed E-state index contributed by atoms with van der Waals surface area (Å²) in [6.07, 6.45) is 1.07. The van der Waals surface area contributed by atoms with Crippen LogP contribution in [0.3, 0.4) is 0 Å². The van der Waals surface area contributed by atoms with E-state index in [2.05, 4.69) is 30.8 Å². The van der Waals surface area contributed by atoms with Gasteiger partial charge in [-0.3, -0.25) is 0 Å². The molecule has 0 amide bonds. The van der Waals surface area contributed by atoms with Gasteiger partial charge in [-0.1, -0.05) is 19.1 Å². The zero-order valence-corrected chi connectivity index (χ0v) is 13.6. The first-order chi connectivity index (χ1) is 10.1. The van der Waals surface area contributed by atoms with Crippen molar-refractivity contribution in [2.24, 2.45) is 11.7 Å². The summed E-state index contributed by atoms with van der Waals surface area (Å²) >= 11 is 0. The molecule has 0 aliphatic carbocycles. The van der Waals surface area contributed by atoms with E-state index in [1.54, 1.807) is 0 Å². The molecule has 2 rings (SSSR count). The van der Waals surface area contributed by atoms with Crippen molar-refractivity contribution < 1.29 is 4.74 Å². The SMILES string of the molecule is CC1CN(CCCOc2ccc(CN)cc2)CC1N(C)C. The molecule has 4 heteroatoms. The van der Waals surface area contributed by atoms with Gasteiger partial charge in [0.25, 0.3) is 0 Å². The number of rotatable bonds is 7. The molecular formula is C17H29N3O. The summed E-state index contributed by atoms with van der Waals surface area (Å²) < 4.78 is 5.79. The van der Waals surface area contributed by atoms with Crippen LogP contribution in [0.15, 0.2) is 24.3 Å². The average molecular weight is 291 g/mol. The van der Waals surface area contributed by atoms with Crippen LogP contribution in [0.5, 0.6) is 5.75 Å². The smallest absolute Gasteiger partial charge is 0.119 e. The fourth-order valence-corrected chi connectivity index (χ4v) is 3.10. The fraction of sp³-hybridized carbons (Fsp3) is 0.647. The first-order valence-electron chi connectivity index (χ1n) is 7.90. The maximum Gasteiger partial charge on any atom is 0.119 e. The van der Waals surface area contributed by atoms with Gasteiger partial charge in [0, 0.05) is 32.2 Å². The molecule has 1 aromatic carbocycles. The summed E-state index contributed by atoms with van der Waals surface area (Å²) in [6.45, 7) is 7.21. The van der Waals surface area contributed by atoms with Gasteiger partial charge < -0.3 is 20.3 Å². The molecule has 2 unspecified atom stereocenters. The number of hydrogen-bond acceptors (Lipinski definition) is 4. The van der Waals surface area contributed by atoms with Gasteiger partial charge in [-0.2, -0.15) is 0 Å². The molecule has 0 bridgehead atoms. The van der Waals surface area contributed by atoms with Crippen molar-refractivity contribution >= 4 is 0 Å². The highest BCUT2D eigenvalue weighted by Gasteiger charge is 2.30. The molecule has 1 saturated heterocycles. The Hall–Kier alpha value is -1.10. The third-order valence-electron chi connectivity index (χ3n) is 4.36. The largest absolute Gasteiger partial charge is 0.494 e. The fourth-order valence-electron chi connectivity index (χ4n) is 3.10. The highest BCUT2D eigenvalue weighted by Crippen LogP contribution is 2.20. The Kier molecular flexibility index (Phi) is 6.03. The lowest BCUT2D eigenvalue weighted by Gasteiger charge is -2.22. The van der Waals surface area contributed by atoms with Crippen LogP contribution < -0.4 is 10.5 Å². The van der Waals surface area contributed by atoms with Gasteiger partial charge in [0.1, 0.15) is 5.75 Å². The van der Waals surface area contributed by atoms with Crippen LogP contribution >= 0.6 is 0 Å². The quantitative estimate of drug-likeness (QED) is 0.778. The van der Waals surface area contributed by atoms with Crippen molar-refractivity contribution in [3.63, 3.8) is 0 Å². The minimum absolute atomic E-state index is 0.584. The van der Waals surface area contributed by atoms with E-state index in [0.29, 0.717) is 12.6 Å². The molecule has 2 atom stereocenters. The van der Waals surface area contributed by atoms with E-state index < -0.39 is 0 Å². The Morgan fingerprint density at radius 1 is 1.24 bits per heavy atom. The molecule has 0 aromatic heterocycles. The van der Waals surface area contributed by atoms with Crippen molar-refractivity contribution in [2.75, 3.05) is 40.3 Å². The second-order valence-electron chi connectivity index (χ2n) is 6.32. The molecule has 0 saturated carbocycles. The van der Waals surface area contributed by atoms with E-state index in [-0.39, 0.29) is 0 Å². The second-order valence-corrected chi connectivity index (χ2v) is 6.32. The third kappa shape index (κ3) is 4.70. The van der Waals surface area contributed by atoms with Gasteiger partial charge in [0.15, 0.2) is 0 Å². The lowest BCUT2D eigenvalue weighted by molar-refractivity contribution is 0.238. The van der Waals surface area contributed by atoms with E-state index in [0.717, 1.165) is 36.8 Å². The Morgan fingerprint density at radius 3 is 2.52 bits per heavy atom. The van der Waals surface area contributed by atoms with Gasteiger partial charge in [-0.15, -0.1) is 0 Å². The first-order valence-corrected chi connectivity index (χ1v) is 7.90. The van der Waals surface area contributed by atoms with E-state index >= 15 is 0 Å². The molecule has 1 aliphatic rings. The maximum absolute atomic E-state index is 5.79. The van der Waals surface area contributed by atoms with Crippen molar-refractivity contribution in [1.82, 2.24) is 9.80 Å². The van der Waals surface area contributed by atoms with E-state index in [1.807, 2.05) is 24.3 Å². The van der Waals surface area contributed by atoms with Gasteiger partial charge in [-0.25, -0.2) is 0 Å². The molecule has 1 fully saturated rings. The summed E-state index contributed by atoms with van der Waals surface area (Å²) in [6, 6.07) is 8.75. The summed E-state index contributed by atoms with van der Waals surface area (Å²) in [4.78, 5) is 4.90. The van der Waals surface area contributed by atoms with Crippen LogP contribution in [0, 0.1) is 5.92 Å². The Balaban J connectivity index is 1.66. The zero-order chi connectivity index (χ0) is 15.2. The molecule has 1 aromatic rings. The highest BCUT2D eigenvalue weighted by atomic mass is 16.5. The molecule has 118 valence electrons. The summed E-state index contributed by atoms with van der Waals surface area (Å²) in [5.41, 5.74) is 6.73. The molecule has 4 nitrogen and oxygen atoms in total. The van der Waals surface area contributed by atoms with Crippen molar-refractivity contribution in [3.8, 4) is 5.75 Å². The van der Waals surface area contributed by atoms with Crippen LogP contribution in [0.1, 0.15) is 18.9 Å². The number of likely N-dealkylation sites (tertiary alicyclic amines) is 1. The standard InChI is InChI=1S/C17H29N3O/c1-14-12-20(13-17(14)19(2)3)9-4-10-21-16-7-5-15(11-18)6-8-16/h5-8,14,17H,4,9-13,18H2,1-3H3. The van der Waals surface area contributed by atoms with Gasteiger partial charge in [0.2, 0.25) is 0 Å². The number of nitrogens with zero attached hydrogens (tertiary/aromatic N) is 2. The number of hydrogen-bond donors (Lipinski definition) is 1. The zero-order valence-electron chi connectivity index (χ0n) is 13.6. The van der Waals surface area contributed by atoms with Crippen LogP contribution in [0.4, 0.5) is 0 Å². The maximum atomic E-state index is 5.79. The molecule has 21 heavy (non-hydrogen) atoms. The number of likely N-dealkylation sites (N-methyl/N-ethyl adjacent to an activating group) is 1. The van der Waals surface area contributed by atoms with Gasteiger partial charge in [-0.05, 0) is 44.1 Å². The summed E-state index contributed by atoms with van der Waals surface area (Å²) in [7, 11) is 4.36. The van der Waals surface area contributed by atoms with Crippen LogP contribution in [0.25, 0.3) is 0 Å². The number of benzene rings is 1. The third-order valence-corrected chi connectivity index (χ3v) is 4.36. The molecule has 1 aliphatic heterocycles. The summed E-state index contributed by atoms with van der Waals surface area (Å²) in [5.74, 6) is 1.69. The first kappa shape index (κ1) is 16.3. The topological polar surface area (TPSA) is 41.7 Å². The highest BCUT2D eigenvalue weighted by molar-refractivity contribution is 5.26. The normalized spacial score (nSPS) is 22.9. The van der Waals surface area contributed by atoms with Crippen molar-refractivity contribution in [3.05, 3.63) is 29.8 Å². The second kappa shape index (κ2) is 7.78. The van der Waals surface area contributed by atoms with Crippen LogP contribution in [-0.4, -0.2) is 56.2 Å². The molecular weight excluding hydrogens is 262 g/mol. The van der Waals surface area contributed by atoms with Crippen molar-refractivity contribution in [1.29, 1.82) is 0 Å². The molecule has 2 N–H and O–H groups in total. The lowest BCUT2D eigenvalue weighted by atomic mass is 10.1. The Labute approximate surface area is 128 Å². The monoisotopic (exact) mass is 291 g/mol. The van der Waals surface area contributed by atoms with E-state index in [1.165, 1.54) is 13.1 Å².